The first-order valence-corrected chi connectivity index (χ1v) is 51.0. The fraction of sp³-hybridized carbons (Fsp3) is 0.938. The Hall–Kier alpha value is -3.19. The first kappa shape index (κ1) is 111. The van der Waals surface area contributed by atoms with Crippen LogP contribution in [0.5, 0.6) is 0 Å². The summed E-state index contributed by atoms with van der Waals surface area (Å²) < 4.78 is 55.8. The topological polar surface area (TPSA) is 269 Å². The smallest absolute Gasteiger partial charge is 0.462 e. The summed E-state index contributed by atoms with van der Waals surface area (Å²) in [6.45, 7) is 13.0. The van der Waals surface area contributed by atoms with Crippen LogP contribution in [0.2, 0.25) is 0 Å². The number of unbranched alkanes of at least 4 members (excludes halogenated alkanes) is 57. The van der Waals surface area contributed by atoms with E-state index in [0.29, 0.717) is 83.6 Å². The van der Waals surface area contributed by atoms with E-state index in [0.717, 1.165) is 128 Å². The Morgan fingerprint density at radius 2 is 0.612 bits per heavy atom. The number of ether oxygens (including phenoxy) is 6. The molecular formula is C96H183N2O17P. The van der Waals surface area contributed by atoms with Gasteiger partial charge in [-0.25, -0.2) is 4.57 Å². The standard InChI is InChI=1S/C96H183N2O17P/c1-7-13-19-25-31-37-40-46-52-58-66-74-89(102)110-83(71-63-55-49-43-34-28-22-16-10-4)79-87(100)97-77-69-61-62-70-78-109-96-93(98-88(101)80-84(72-64-56-50-44-35-29-23-17-11-5)111-90(103)75-67-59-53-47-41-38-32-26-20-14-8-2)95(94(86(82-99)113-96)115-116(106,107)108)114-92(105)81-85(73-65-57-51-45-36-30-24-18-12-6)112-91(104)76-68-60-54-48-42-39-33-27-21-15-9-3/h83-86,93-96,99H,7-82H2,1-6H3,(H,97,100)(H,98,101)(H2,106,107,108)/t83-,84-,85-,86?,93+,94+,95?,96-/m1/s1. The van der Waals surface area contributed by atoms with Crippen molar-refractivity contribution >= 4 is 43.5 Å². The van der Waals surface area contributed by atoms with Crippen molar-refractivity contribution in [2.24, 2.45) is 0 Å². The van der Waals surface area contributed by atoms with Gasteiger partial charge in [0.05, 0.1) is 25.9 Å². The SMILES string of the molecule is CCCCCCCCCCCCCC(=O)O[C@H](CCCCCCCCCCC)CC(=O)NCCCCCCO[C@@H]1OC(CO)[C@H](OP(=O)(O)O)C(OC(=O)C[C@@H](CCCCCCCCCCC)OC(=O)CCCCCCCCCCCCC)[C@@H]1NC(=O)C[C@@H](CCCCCCCCCCC)OC(=O)CCCCCCCCCCCCC. The zero-order valence-corrected chi connectivity index (χ0v) is 76.8. The summed E-state index contributed by atoms with van der Waals surface area (Å²) in [4.78, 5) is 105. The molecule has 0 aromatic carbocycles. The normalized spacial score (nSPS) is 16.4. The number of aliphatic hydroxyl groups excluding tert-OH is 1. The predicted molar refractivity (Wildman–Crippen MR) is 474 cm³/mol. The Morgan fingerprint density at radius 3 is 0.922 bits per heavy atom. The van der Waals surface area contributed by atoms with Crippen molar-refractivity contribution in [3.8, 4) is 0 Å². The first-order chi connectivity index (χ1) is 56.5. The molecule has 1 rings (SSSR count). The molecule has 0 aliphatic carbocycles. The van der Waals surface area contributed by atoms with Gasteiger partial charge >= 0.3 is 31.7 Å². The van der Waals surface area contributed by atoms with E-state index in [-0.39, 0.29) is 50.1 Å². The lowest BCUT2D eigenvalue weighted by molar-refractivity contribution is -0.271. The molecule has 0 aromatic heterocycles. The maximum absolute atomic E-state index is 14.9. The molecule has 0 spiro atoms. The summed E-state index contributed by atoms with van der Waals surface area (Å²) in [7, 11) is -5.44. The van der Waals surface area contributed by atoms with Gasteiger partial charge in [0, 0.05) is 32.4 Å². The number of nitrogens with one attached hydrogen (secondary N) is 2. The Morgan fingerprint density at radius 1 is 0.336 bits per heavy atom. The third kappa shape index (κ3) is 69.3. The molecule has 1 saturated heterocycles. The average Bonchev–Trinajstić information content (AvgIpc) is 0.780. The Balaban J connectivity index is 3.52. The summed E-state index contributed by atoms with van der Waals surface area (Å²) >= 11 is 0. The minimum absolute atomic E-state index is 0.0467. The molecule has 20 heteroatoms. The fourth-order valence-electron chi connectivity index (χ4n) is 16.1. The molecule has 684 valence electrons. The van der Waals surface area contributed by atoms with Crippen LogP contribution in [-0.2, 0) is 66.3 Å². The van der Waals surface area contributed by atoms with Crippen LogP contribution in [0.25, 0.3) is 0 Å². The van der Waals surface area contributed by atoms with Gasteiger partial charge in [-0.15, -0.1) is 0 Å². The summed E-state index contributed by atoms with van der Waals surface area (Å²) in [6, 6.07) is -1.48. The van der Waals surface area contributed by atoms with Gasteiger partial charge in [-0.1, -0.05) is 401 Å². The highest BCUT2D eigenvalue weighted by Crippen LogP contribution is 2.43. The number of carbonyl (C=O) groups excluding carboxylic acids is 6. The van der Waals surface area contributed by atoms with E-state index in [1.54, 1.807) is 0 Å². The Labute approximate surface area is 710 Å². The van der Waals surface area contributed by atoms with E-state index in [9.17, 15) is 48.2 Å². The monoisotopic (exact) mass is 1670 g/mol. The minimum Gasteiger partial charge on any atom is -0.462 e. The van der Waals surface area contributed by atoms with Gasteiger partial charge in [-0.05, 0) is 70.6 Å². The molecule has 1 aliphatic heterocycles. The molecule has 5 N–H and O–H groups in total. The van der Waals surface area contributed by atoms with Crippen LogP contribution in [0.1, 0.15) is 510 Å². The molecule has 19 nitrogen and oxygen atoms in total. The molecule has 2 amide bonds. The Kier molecular flexibility index (Phi) is 77.8. The van der Waals surface area contributed by atoms with Crippen molar-refractivity contribution in [1.29, 1.82) is 0 Å². The second-order valence-electron chi connectivity index (χ2n) is 34.6. The predicted octanol–water partition coefficient (Wildman–Crippen LogP) is 26.0. The van der Waals surface area contributed by atoms with Crippen LogP contribution >= 0.6 is 7.82 Å². The van der Waals surface area contributed by atoms with Gasteiger partial charge in [0.25, 0.3) is 0 Å². The number of hydrogen-bond donors (Lipinski definition) is 5. The number of phosphoric acid groups is 1. The summed E-state index contributed by atoms with van der Waals surface area (Å²) in [5.74, 6) is -2.71. The summed E-state index contributed by atoms with van der Waals surface area (Å²) in [5.41, 5.74) is 0. The number of carbonyl (C=O) groups is 6. The maximum atomic E-state index is 14.9. The quantitative estimate of drug-likeness (QED) is 0.0164. The average molecular weight is 1670 g/mol. The van der Waals surface area contributed by atoms with Crippen molar-refractivity contribution in [2.75, 3.05) is 19.8 Å². The zero-order chi connectivity index (χ0) is 84.7. The van der Waals surface area contributed by atoms with Crippen LogP contribution in [0, 0.1) is 0 Å². The molecule has 0 saturated carbocycles. The van der Waals surface area contributed by atoms with Crippen LogP contribution in [0.4, 0.5) is 0 Å². The van der Waals surface area contributed by atoms with E-state index in [2.05, 4.69) is 52.2 Å². The summed E-state index contributed by atoms with van der Waals surface area (Å²) in [5, 5.41) is 17.0. The van der Waals surface area contributed by atoms with Crippen molar-refractivity contribution in [3.05, 3.63) is 0 Å². The Bertz CT molecular complexity index is 2310. The molecule has 1 fully saturated rings. The fourth-order valence-corrected chi connectivity index (χ4v) is 16.7. The van der Waals surface area contributed by atoms with E-state index in [1.165, 1.54) is 231 Å². The third-order valence-corrected chi connectivity index (χ3v) is 23.8. The number of amides is 2. The highest BCUT2D eigenvalue weighted by Gasteiger charge is 2.52. The van der Waals surface area contributed by atoms with Crippen molar-refractivity contribution in [2.45, 2.75) is 559 Å². The second kappa shape index (κ2) is 81.5. The lowest BCUT2D eigenvalue weighted by atomic mass is 9.95. The number of aliphatic hydroxyl groups is 1. The van der Waals surface area contributed by atoms with E-state index in [4.69, 9.17) is 32.9 Å². The lowest BCUT2D eigenvalue weighted by Crippen LogP contribution is -2.66. The van der Waals surface area contributed by atoms with Crippen molar-refractivity contribution < 1.29 is 81.2 Å². The lowest BCUT2D eigenvalue weighted by Gasteiger charge is -2.45. The van der Waals surface area contributed by atoms with Crippen molar-refractivity contribution in [1.82, 2.24) is 10.6 Å². The minimum atomic E-state index is -5.44. The van der Waals surface area contributed by atoms with Crippen molar-refractivity contribution in [3.63, 3.8) is 0 Å². The second-order valence-corrected chi connectivity index (χ2v) is 35.8. The van der Waals surface area contributed by atoms with Gasteiger partial charge in [-0.3, -0.25) is 33.3 Å². The number of rotatable bonds is 88. The molecule has 0 bridgehead atoms. The van der Waals surface area contributed by atoms with E-state index < -0.39 is 87.7 Å². The largest absolute Gasteiger partial charge is 0.470 e. The van der Waals surface area contributed by atoms with Crippen LogP contribution in [0.15, 0.2) is 0 Å². The van der Waals surface area contributed by atoms with Crippen LogP contribution in [-0.4, -0.2) is 119 Å². The van der Waals surface area contributed by atoms with Gasteiger partial charge in [0.15, 0.2) is 12.4 Å². The van der Waals surface area contributed by atoms with Crippen LogP contribution in [0.3, 0.4) is 0 Å². The maximum Gasteiger partial charge on any atom is 0.470 e. The van der Waals surface area contributed by atoms with Gasteiger partial charge in [0.2, 0.25) is 11.8 Å². The third-order valence-electron chi connectivity index (χ3n) is 23.3. The summed E-state index contributed by atoms with van der Waals surface area (Å²) in [6.07, 6.45) is 63.0. The molecule has 1 heterocycles. The molecule has 0 aromatic rings. The highest BCUT2D eigenvalue weighted by atomic mass is 31.2. The molecule has 2 unspecified atom stereocenters. The first-order valence-electron chi connectivity index (χ1n) is 49.5. The van der Waals surface area contributed by atoms with E-state index in [1.807, 2.05) is 0 Å². The molecule has 1 aliphatic rings. The van der Waals surface area contributed by atoms with Gasteiger partial charge < -0.3 is 53.9 Å². The molecule has 116 heavy (non-hydrogen) atoms. The highest BCUT2D eigenvalue weighted by molar-refractivity contribution is 7.46. The van der Waals surface area contributed by atoms with Crippen LogP contribution < -0.4 is 10.6 Å². The van der Waals surface area contributed by atoms with Gasteiger partial charge in [0.1, 0.15) is 36.6 Å². The zero-order valence-electron chi connectivity index (χ0n) is 75.9. The number of esters is 4. The molecule has 8 atom stereocenters. The number of hydrogen-bond acceptors (Lipinski definition) is 15. The molecule has 0 radical (unpaired) electrons. The van der Waals surface area contributed by atoms with Gasteiger partial charge in [-0.2, -0.15) is 0 Å². The molecular weight excluding hydrogens is 1480 g/mol. The van der Waals surface area contributed by atoms with E-state index >= 15 is 0 Å². The number of phosphoric ester groups is 1.